The van der Waals surface area contributed by atoms with Crippen LogP contribution < -0.4 is 10.6 Å². The minimum absolute atomic E-state index is 0. The fourth-order valence-corrected chi connectivity index (χ4v) is 4.74. The van der Waals surface area contributed by atoms with Gasteiger partial charge in [-0.15, -0.1) is 24.0 Å². The highest BCUT2D eigenvalue weighted by Crippen LogP contribution is 2.24. The largest absolute Gasteiger partial charge is 0.354 e. The first-order chi connectivity index (χ1) is 15.7. The number of likely N-dealkylation sites (tertiary alicyclic amines) is 2. The zero-order valence-electron chi connectivity index (χ0n) is 19.5. The molecule has 178 valence electrons. The maximum absolute atomic E-state index is 12.1. The van der Waals surface area contributed by atoms with Gasteiger partial charge in [0.1, 0.15) is 0 Å². The average molecular weight is 562 g/mol. The maximum atomic E-state index is 12.1. The number of carbonyl (C=O) groups excluding carboxylic acids is 1. The Kier molecular flexibility index (Phi) is 9.99. The van der Waals surface area contributed by atoms with Crippen LogP contribution in [-0.2, 0) is 17.9 Å². The van der Waals surface area contributed by atoms with Gasteiger partial charge >= 0.3 is 0 Å². The van der Waals surface area contributed by atoms with E-state index in [1.807, 2.05) is 18.0 Å². The van der Waals surface area contributed by atoms with Gasteiger partial charge in [-0.3, -0.25) is 14.7 Å². The average Bonchev–Trinajstić information content (AvgIpc) is 3.50. The molecule has 1 amide bonds. The predicted molar refractivity (Wildman–Crippen MR) is 145 cm³/mol. The molecule has 2 saturated heterocycles. The van der Waals surface area contributed by atoms with Gasteiger partial charge in [0.25, 0.3) is 0 Å². The van der Waals surface area contributed by atoms with E-state index in [0.29, 0.717) is 25.6 Å². The molecule has 2 N–H and O–H groups in total. The van der Waals surface area contributed by atoms with Crippen LogP contribution in [0.4, 0.5) is 0 Å². The van der Waals surface area contributed by atoms with E-state index in [2.05, 4.69) is 69.1 Å². The molecule has 0 aromatic heterocycles. The highest BCUT2D eigenvalue weighted by molar-refractivity contribution is 14.0. The van der Waals surface area contributed by atoms with E-state index in [1.165, 1.54) is 29.5 Å². The standard InChI is InChI=1S/C26H35N5O.HI/c1-27-26(29-19-24(30-15-7-8-16-30)21-10-3-2-4-11-21)28-18-22-12-5-6-13-23(22)20-31-17-9-14-25(31)32;/h2-6,10-13,24H,7-9,14-20H2,1H3,(H2,27,28,29);1H. The number of nitrogens with one attached hydrogen (secondary N) is 2. The molecule has 1 atom stereocenters. The Balaban J connectivity index is 0.00000306. The molecular formula is C26H36IN5O. The molecule has 0 spiro atoms. The van der Waals surface area contributed by atoms with Crippen LogP contribution in [0, 0.1) is 0 Å². The number of hydrogen-bond donors (Lipinski definition) is 2. The molecule has 6 nitrogen and oxygen atoms in total. The molecule has 0 aliphatic carbocycles. The lowest BCUT2D eigenvalue weighted by atomic mass is 10.1. The van der Waals surface area contributed by atoms with Gasteiger partial charge < -0.3 is 15.5 Å². The fourth-order valence-electron chi connectivity index (χ4n) is 4.74. The van der Waals surface area contributed by atoms with Crippen molar-refractivity contribution in [3.8, 4) is 0 Å². The quantitative estimate of drug-likeness (QED) is 0.292. The normalized spacial score (nSPS) is 17.7. The maximum Gasteiger partial charge on any atom is 0.222 e. The first kappa shape index (κ1) is 25.5. The van der Waals surface area contributed by atoms with Crippen LogP contribution in [-0.4, -0.2) is 54.9 Å². The molecule has 2 aliphatic rings. The minimum atomic E-state index is 0. The van der Waals surface area contributed by atoms with Crippen LogP contribution in [0.3, 0.4) is 0 Å². The Morgan fingerprint density at radius 2 is 1.64 bits per heavy atom. The van der Waals surface area contributed by atoms with E-state index in [0.717, 1.165) is 38.6 Å². The molecule has 1 unspecified atom stereocenters. The summed E-state index contributed by atoms with van der Waals surface area (Å²) in [5, 5.41) is 7.02. The van der Waals surface area contributed by atoms with Crippen LogP contribution in [0.15, 0.2) is 59.6 Å². The van der Waals surface area contributed by atoms with Crippen LogP contribution in [0.5, 0.6) is 0 Å². The van der Waals surface area contributed by atoms with Crippen molar-refractivity contribution in [3.05, 3.63) is 71.3 Å². The molecule has 0 bridgehead atoms. The summed E-state index contributed by atoms with van der Waals surface area (Å²) in [5.74, 6) is 1.07. The van der Waals surface area contributed by atoms with Crippen molar-refractivity contribution in [3.63, 3.8) is 0 Å². The number of guanidine groups is 1. The molecule has 2 aliphatic heterocycles. The third-order valence-corrected chi connectivity index (χ3v) is 6.55. The van der Waals surface area contributed by atoms with Crippen molar-refractivity contribution in [1.29, 1.82) is 0 Å². The summed E-state index contributed by atoms with van der Waals surface area (Å²) in [7, 11) is 1.82. The van der Waals surface area contributed by atoms with E-state index < -0.39 is 0 Å². The molecule has 2 aromatic rings. The molecule has 4 rings (SSSR count). The van der Waals surface area contributed by atoms with Crippen LogP contribution >= 0.6 is 24.0 Å². The number of hydrogen-bond acceptors (Lipinski definition) is 3. The summed E-state index contributed by atoms with van der Waals surface area (Å²) < 4.78 is 0. The van der Waals surface area contributed by atoms with Gasteiger partial charge in [-0.2, -0.15) is 0 Å². The molecule has 7 heteroatoms. The summed E-state index contributed by atoms with van der Waals surface area (Å²) in [6, 6.07) is 19.4. The van der Waals surface area contributed by atoms with E-state index in [1.54, 1.807) is 0 Å². The first-order valence-electron chi connectivity index (χ1n) is 11.8. The number of carbonyl (C=O) groups is 1. The highest BCUT2D eigenvalue weighted by atomic mass is 127. The molecule has 2 heterocycles. The second kappa shape index (κ2) is 12.9. The van der Waals surface area contributed by atoms with Gasteiger partial charge in [-0.25, -0.2) is 0 Å². The van der Waals surface area contributed by atoms with E-state index in [-0.39, 0.29) is 29.9 Å². The van der Waals surface area contributed by atoms with Crippen molar-refractivity contribution >= 4 is 35.8 Å². The molecule has 0 radical (unpaired) electrons. The third-order valence-electron chi connectivity index (χ3n) is 6.55. The summed E-state index contributed by atoms with van der Waals surface area (Å²) >= 11 is 0. The molecule has 2 fully saturated rings. The van der Waals surface area contributed by atoms with Crippen molar-refractivity contribution in [2.24, 2.45) is 4.99 Å². The second-order valence-corrected chi connectivity index (χ2v) is 8.66. The van der Waals surface area contributed by atoms with Crippen LogP contribution in [0.25, 0.3) is 0 Å². The monoisotopic (exact) mass is 561 g/mol. The molecule has 2 aromatic carbocycles. The lowest BCUT2D eigenvalue weighted by Crippen LogP contribution is -2.42. The number of amides is 1. The predicted octanol–water partition coefficient (Wildman–Crippen LogP) is 3.93. The van der Waals surface area contributed by atoms with Crippen molar-refractivity contribution in [2.75, 3.05) is 33.2 Å². The van der Waals surface area contributed by atoms with Gasteiger partial charge in [0.2, 0.25) is 5.91 Å². The second-order valence-electron chi connectivity index (χ2n) is 8.66. The van der Waals surface area contributed by atoms with Crippen LogP contribution in [0.2, 0.25) is 0 Å². The summed E-state index contributed by atoms with van der Waals surface area (Å²) in [5.41, 5.74) is 3.75. The Hall–Kier alpha value is -2.13. The van der Waals surface area contributed by atoms with E-state index in [4.69, 9.17) is 0 Å². The third kappa shape index (κ3) is 6.93. The lowest BCUT2D eigenvalue weighted by molar-refractivity contribution is -0.128. The van der Waals surface area contributed by atoms with Crippen molar-refractivity contribution < 1.29 is 4.79 Å². The van der Waals surface area contributed by atoms with Crippen molar-refractivity contribution in [1.82, 2.24) is 20.4 Å². The highest BCUT2D eigenvalue weighted by Gasteiger charge is 2.24. The summed E-state index contributed by atoms with van der Waals surface area (Å²) in [6.07, 6.45) is 4.19. The Bertz CT molecular complexity index is 914. The lowest BCUT2D eigenvalue weighted by Gasteiger charge is -2.29. The van der Waals surface area contributed by atoms with Gasteiger partial charge in [0.05, 0.1) is 6.04 Å². The Morgan fingerprint density at radius 3 is 2.30 bits per heavy atom. The van der Waals surface area contributed by atoms with Gasteiger partial charge in [0, 0.05) is 39.6 Å². The topological polar surface area (TPSA) is 60.0 Å². The van der Waals surface area contributed by atoms with Crippen LogP contribution in [0.1, 0.15) is 48.4 Å². The number of halogens is 1. The van der Waals surface area contributed by atoms with Gasteiger partial charge in [-0.05, 0) is 49.0 Å². The van der Waals surface area contributed by atoms with Gasteiger partial charge in [-0.1, -0.05) is 54.6 Å². The first-order valence-corrected chi connectivity index (χ1v) is 11.8. The van der Waals surface area contributed by atoms with Crippen molar-refractivity contribution in [2.45, 2.75) is 44.8 Å². The fraction of sp³-hybridized carbons (Fsp3) is 0.462. The minimum Gasteiger partial charge on any atom is -0.354 e. The number of rotatable bonds is 8. The molecular weight excluding hydrogens is 525 g/mol. The van der Waals surface area contributed by atoms with E-state index in [9.17, 15) is 4.79 Å². The van der Waals surface area contributed by atoms with Gasteiger partial charge in [0.15, 0.2) is 5.96 Å². The smallest absolute Gasteiger partial charge is 0.222 e. The number of benzene rings is 2. The number of nitrogens with zero attached hydrogens (tertiary/aromatic N) is 3. The SMILES string of the molecule is CN=C(NCc1ccccc1CN1CCCC1=O)NCC(c1ccccc1)N1CCCC1.I. The zero-order chi connectivity index (χ0) is 22.2. The molecule has 33 heavy (non-hydrogen) atoms. The molecule has 0 saturated carbocycles. The number of aliphatic imine (C=N–C) groups is 1. The van der Waals surface area contributed by atoms with E-state index >= 15 is 0 Å². The zero-order valence-corrected chi connectivity index (χ0v) is 21.8. The Labute approximate surface area is 214 Å². The summed E-state index contributed by atoms with van der Waals surface area (Å²) in [6.45, 7) is 5.34. The Morgan fingerprint density at radius 1 is 0.939 bits per heavy atom. The summed E-state index contributed by atoms with van der Waals surface area (Å²) in [4.78, 5) is 21.0.